The maximum absolute atomic E-state index is 13.1. The zero-order chi connectivity index (χ0) is 14.1. The Balaban J connectivity index is 2.14. The third kappa shape index (κ3) is 2.35. The van der Waals surface area contributed by atoms with E-state index in [1.165, 1.54) is 12.1 Å². The summed E-state index contributed by atoms with van der Waals surface area (Å²) >= 11 is 5.94. The van der Waals surface area contributed by atoms with E-state index in [-0.39, 0.29) is 5.82 Å². The number of hydrogen-bond acceptors (Lipinski definition) is 0. The van der Waals surface area contributed by atoms with Crippen LogP contribution in [0.15, 0.2) is 60.7 Å². The first-order valence-electron chi connectivity index (χ1n) is 6.35. The van der Waals surface area contributed by atoms with E-state index in [4.69, 9.17) is 11.6 Å². The SMILES string of the molecule is Cc1ccc(-c2ccc(F)cc2)n1-c1ccc(Cl)cc1. The molecule has 0 atom stereocenters. The van der Waals surface area contributed by atoms with Crippen LogP contribution in [0.5, 0.6) is 0 Å². The fourth-order valence-corrected chi connectivity index (χ4v) is 2.44. The largest absolute Gasteiger partial charge is 0.314 e. The Morgan fingerprint density at radius 2 is 1.50 bits per heavy atom. The van der Waals surface area contributed by atoms with Crippen molar-refractivity contribution in [2.45, 2.75) is 6.92 Å². The van der Waals surface area contributed by atoms with Gasteiger partial charge in [-0.25, -0.2) is 4.39 Å². The molecule has 3 aromatic rings. The highest BCUT2D eigenvalue weighted by atomic mass is 35.5. The number of halogens is 2. The molecule has 0 unspecified atom stereocenters. The van der Waals surface area contributed by atoms with Gasteiger partial charge in [0.2, 0.25) is 0 Å². The van der Waals surface area contributed by atoms with Crippen LogP contribution < -0.4 is 0 Å². The quantitative estimate of drug-likeness (QED) is 0.606. The summed E-state index contributed by atoms with van der Waals surface area (Å²) in [5.41, 5.74) is 4.17. The van der Waals surface area contributed by atoms with Gasteiger partial charge in [-0.1, -0.05) is 11.6 Å². The van der Waals surface area contributed by atoms with E-state index in [1.54, 1.807) is 12.1 Å². The van der Waals surface area contributed by atoms with Crippen molar-refractivity contribution in [1.29, 1.82) is 0 Å². The van der Waals surface area contributed by atoms with E-state index in [2.05, 4.69) is 4.57 Å². The molecule has 0 aliphatic carbocycles. The molecule has 0 spiro atoms. The van der Waals surface area contributed by atoms with Crippen molar-refractivity contribution in [3.63, 3.8) is 0 Å². The summed E-state index contributed by atoms with van der Waals surface area (Å²) in [5.74, 6) is -0.227. The molecular formula is C17H13ClFN. The first kappa shape index (κ1) is 12.9. The van der Waals surface area contributed by atoms with Gasteiger partial charge >= 0.3 is 0 Å². The lowest BCUT2D eigenvalue weighted by atomic mass is 10.1. The van der Waals surface area contributed by atoms with Crippen molar-refractivity contribution in [1.82, 2.24) is 4.57 Å². The first-order chi connectivity index (χ1) is 9.65. The smallest absolute Gasteiger partial charge is 0.123 e. The lowest BCUT2D eigenvalue weighted by Crippen LogP contribution is -1.98. The van der Waals surface area contributed by atoms with Gasteiger partial charge in [-0.2, -0.15) is 0 Å². The Bertz CT molecular complexity index is 727. The van der Waals surface area contributed by atoms with Gasteiger partial charge in [0.25, 0.3) is 0 Å². The molecule has 1 nitrogen and oxygen atoms in total. The summed E-state index contributed by atoms with van der Waals surface area (Å²) < 4.78 is 15.2. The number of nitrogens with zero attached hydrogens (tertiary/aromatic N) is 1. The Morgan fingerprint density at radius 1 is 0.850 bits per heavy atom. The van der Waals surface area contributed by atoms with Gasteiger partial charge in [0.15, 0.2) is 0 Å². The van der Waals surface area contributed by atoms with Crippen LogP contribution in [0.3, 0.4) is 0 Å². The van der Waals surface area contributed by atoms with Crippen molar-refractivity contribution < 1.29 is 4.39 Å². The van der Waals surface area contributed by atoms with E-state index < -0.39 is 0 Å². The highest BCUT2D eigenvalue weighted by molar-refractivity contribution is 6.30. The predicted octanol–water partition coefficient (Wildman–Crippen LogP) is 5.25. The van der Waals surface area contributed by atoms with Crippen LogP contribution in [0.4, 0.5) is 4.39 Å². The van der Waals surface area contributed by atoms with Crippen molar-refractivity contribution >= 4 is 11.6 Å². The zero-order valence-corrected chi connectivity index (χ0v) is 11.7. The van der Waals surface area contributed by atoms with E-state index in [1.807, 2.05) is 43.3 Å². The molecule has 100 valence electrons. The molecule has 20 heavy (non-hydrogen) atoms. The normalized spacial score (nSPS) is 10.8. The molecule has 0 radical (unpaired) electrons. The minimum atomic E-state index is -0.227. The van der Waals surface area contributed by atoms with Crippen LogP contribution in [-0.4, -0.2) is 4.57 Å². The number of hydrogen-bond donors (Lipinski definition) is 0. The van der Waals surface area contributed by atoms with Gasteiger partial charge in [-0.15, -0.1) is 0 Å². The predicted molar refractivity (Wildman–Crippen MR) is 80.9 cm³/mol. The molecule has 0 amide bonds. The molecule has 1 aromatic heterocycles. The lowest BCUT2D eigenvalue weighted by Gasteiger charge is -2.12. The summed E-state index contributed by atoms with van der Waals surface area (Å²) in [6, 6.07) is 18.3. The van der Waals surface area contributed by atoms with E-state index >= 15 is 0 Å². The fourth-order valence-electron chi connectivity index (χ4n) is 2.32. The maximum atomic E-state index is 13.1. The Labute approximate surface area is 122 Å². The van der Waals surface area contributed by atoms with E-state index in [9.17, 15) is 4.39 Å². The number of benzene rings is 2. The maximum Gasteiger partial charge on any atom is 0.123 e. The van der Waals surface area contributed by atoms with Crippen LogP contribution in [0.2, 0.25) is 5.02 Å². The van der Waals surface area contributed by atoms with Crippen molar-refractivity contribution in [3.8, 4) is 16.9 Å². The number of rotatable bonds is 2. The van der Waals surface area contributed by atoms with Crippen molar-refractivity contribution in [2.24, 2.45) is 0 Å². The van der Waals surface area contributed by atoms with Crippen molar-refractivity contribution in [2.75, 3.05) is 0 Å². The molecule has 3 rings (SSSR count). The second kappa shape index (κ2) is 5.14. The summed E-state index contributed by atoms with van der Waals surface area (Å²) in [6.07, 6.45) is 0. The number of aryl methyl sites for hydroxylation is 1. The summed E-state index contributed by atoms with van der Waals surface area (Å²) in [4.78, 5) is 0. The van der Waals surface area contributed by atoms with Gasteiger partial charge in [-0.05, 0) is 73.2 Å². The standard InChI is InChI=1S/C17H13ClFN/c1-12-2-11-17(13-3-7-15(19)8-4-13)20(12)16-9-5-14(18)6-10-16/h2-11H,1H3. The van der Waals surface area contributed by atoms with Crippen LogP contribution in [0.1, 0.15) is 5.69 Å². The van der Waals surface area contributed by atoms with Crippen LogP contribution >= 0.6 is 11.6 Å². The number of aromatic nitrogens is 1. The van der Waals surface area contributed by atoms with E-state index in [0.717, 1.165) is 22.6 Å². The van der Waals surface area contributed by atoms with Gasteiger partial charge in [0.05, 0.1) is 5.69 Å². The molecule has 0 fully saturated rings. The third-order valence-electron chi connectivity index (χ3n) is 3.30. The van der Waals surface area contributed by atoms with Gasteiger partial charge in [-0.3, -0.25) is 0 Å². The topological polar surface area (TPSA) is 4.93 Å². The summed E-state index contributed by atoms with van der Waals surface area (Å²) in [6.45, 7) is 2.04. The van der Waals surface area contributed by atoms with E-state index in [0.29, 0.717) is 5.02 Å². The molecular weight excluding hydrogens is 273 g/mol. The molecule has 0 saturated carbocycles. The fraction of sp³-hybridized carbons (Fsp3) is 0.0588. The highest BCUT2D eigenvalue weighted by Crippen LogP contribution is 2.27. The zero-order valence-electron chi connectivity index (χ0n) is 11.0. The molecule has 0 bridgehead atoms. The minimum Gasteiger partial charge on any atom is -0.314 e. The lowest BCUT2D eigenvalue weighted by molar-refractivity contribution is 0.628. The molecule has 0 aliphatic heterocycles. The van der Waals surface area contributed by atoms with Crippen molar-refractivity contribution in [3.05, 3.63) is 77.2 Å². The molecule has 0 N–H and O–H groups in total. The molecule has 0 aliphatic rings. The Hall–Kier alpha value is -2.06. The van der Waals surface area contributed by atoms with Crippen LogP contribution in [-0.2, 0) is 0 Å². The Kier molecular flexibility index (Phi) is 3.33. The summed E-state index contributed by atoms with van der Waals surface area (Å²) in [7, 11) is 0. The monoisotopic (exact) mass is 285 g/mol. The second-order valence-electron chi connectivity index (χ2n) is 4.68. The van der Waals surface area contributed by atoms with Gasteiger partial charge in [0.1, 0.15) is 5.82 Å². The molecule has 1 heterocycles. The van der Waals surface area contributed by atoms with Gasteiger partial charge in [0, 0.05) is 16.4 Å². The van der Waals surface area contributed by atoms with Gasteiger partial charge < -0.3 is 4.57 Å². The molecule has 0 saturated heterocycles. The average molecular weight is 286 g/mol. The average Bonchev–Trinajstić information content (AvgIpc) is 2.83. The first-order valence-corrected chi connectivity index (χ1v) is 6.73. The summed E-state index contributed by atoms with van der Waals surface area (Å²) in [5, 5.41) is 0.710. The van der Waals surface area contributed by atoms with Crippen LogP contribution in [0.25, 0.3) is 16.9 Å². The highest BCUT2D eigenvalue weighted by Gasteiger charge is 2.09. The minimum absolute atomic E-state index is 0.227. The molecule has 3 heteroatoms. The second-order valence-corrected chi connectivity index (χ2v) is 5.12. The third-order valence-corrected chi connectivity index (χ3v) is 3.55. The Morgan fingerprint density at radius 3 is 2.15 bits per heavy atom. The molecule has 2 aromatic carbocycles. The van der Waals surface area contributed by atoms with Crippen LogP contribution in [0, 0.1) is 12.7 Å².